The topological polar surface area (TPSA) is 129 Å². The highest BCUT2D eigenvalue weighted by molar-refractivity contribution is 6.31. The minimum absolute atomic E-state index is 0.0494. The maximum Gasteiger partial charge on any atom is 0.412 e. The Labute approximate surface area is 258 Å². The fraction of sp³-hybridized carbons (Fsp3) is 0.300. The van der Waals surface area contributed by atoms with Crippen LogP contribution in [0, 0.1) is 17.6 Å². The van der Waals surface area contributed by atoms with Crippen LogP contribution in [0.25, 0.3) is 22.5 Å². The van der Waals surface area contributed by atoms with E-state index >= 15 is 8.78 Å². The zero-order valence-corrected chi connectivity index (χ0v) is 24.8. The summed E-state index contributed by atoms with van der Waals surface area (Å²) < 4.78 is 53.5. The molecule has 45 heavy (non-hydrogen) atoms. The smallest absolute Gasteiger partial charge is 0.412 e. The van der Waals surface area contributed by atoms with Gasteiger partial charge in [-0.05, 0) is 73.9 Å². The molecule has 1 N–H and O–H groups in total. The average molecular weight is 637 g/mol. The fourth-order valence-electron chi connectivity index (χ4n) is 5.98. The second kappa shape index (κ2) is 10.4. The van der Waals surface area contributed by atoms with E-state index in [0.717, 1.165) is 6.07 Å². The van der Waals surface area contributed by atoms with Crippen molar-refractivity contribution < 1.29 is 22.7 Å². The van der Waals surface area contributed by atoms with Crippen LogP contribution in [0.1, 0.15) is 57.0 Å². The number of aliphatic imine (C=N–C) groups is 1. The number of rotatable bonds is 5. The number of aromatic nitrogens is 6. The summed E-state index contributed by atoms with van der Waals surface area (Å²) in [5.41, 5.74) is -0.350. The van der Waals surface area contributed by atoms with Gasteiger partial charge in [-0.15, -0.1) is 5.10 Å². The summed E-state index contributed by atoms with van der Waals surface area (Å²) in [7, 11) is 0. The maximum atomic E-state index is 15.3. The van der Waals surface area contributed by atoms with Gasteiger partial charge in [0.2, 0.25) is 5.95 Å². The van der Waals surface area contributed by atoms with Crippen molar-refractivity contribution in [3.8, 4) is 16.9 Å². The van der Waals surface area contributed by atoms with Crippen LogP contribution in [-0.4, -0.2) is 47.2 Å². The van der Waals surface area contributed by atoms with Crippen molar-refractivity contribution >= 4 is 34.7 Å². The Morgan fingerprint density at radius 1 is 1.09 bits per heavy atom. The van der Waals surface area contributed by atoms with E-state index in [1.807, 2.05) is 0 Å². The lowest BCUT2D eigenvalue weighted by Crippen LogP contribution is -2.30. The minimum Gasteiger partial charge on any atom is -0.444 e. The third-order valence-corrected chi connectivity index (χ3v) is 8.13. The Balaban J connectivity index is 1.17. The molecule has 15 heteroatoms. The number of fused-ring (bicyclic) bond motifs is 3. The fourth-order valence-corrected chi connectivity index (χ4v) is 6.15. The van der Waals surface area contributed by atoms with E-state index in [9.17, 15) is 14.0 Å². The summed E-state index contributed by atoms with van der Waals surface area (Å²) in [5, 5.41) is 13.9. The van der Waals surface area contributed by atoms with Crippen LogP contribution >= 0.6 is 11.6 Å². The number of nitrogens with one attached hydrogen (secondary N) is 1. The third kappa shape index (κ3) is 5.08. The number of amides is 1. The van der Waals surface area contributed by atoms with Gasteiger partial charge < -0.3 is 4.74 Å². The molecule has 2 aromatic carbocycles. The Kier molecular flexibility index (Phi) is 6.65. The molecule has 11 nitrogen and oxygen atoms in total. The second-order valence-corrected chi connectivity index (χ2v) is 12.5. The molecule has 7 rings (SSSR count). The number of halogens is 4. The van der Waals surface area contributed by atoms with Gasteiger partial charge in [0.25, 0.3) is 5.56 Å². The number of carbonyl (C=O) groups is 1. The number of hydrogen-bond donors (Lipinski definition) is 1. The van der Waals surface area contributed by atoms with Crippen LogP contribution in [-0.2, 0) is 4.74 Å². The number of benzene rings is 2. The Bertz CT molecular complexity index is 2020. The van der Waals surface area contributed by atoms with Crippen LogP contribution < -0.4 is 10.9 Å². The molecule has 1 saturated carbocycles. The van der Waals surface area contributed by atoms with Crippen molar-refractivity contribution in [3.63, 3.8) is 0 Å². The van der Waals surface area contributed by atoms with E-state index in [1.165, 1.54) is 27.7 Å². The number of hydrogen-bond acceptors (Lipinski definition) is 8. The molecule has 4 heterocycles. The van der Waals surface area contributed by atoms with Crippen molar-refractivity contribution in [1.29, 1.82) is 0 Å². The first-order chi connectivity index (χ1) is 21.4. The van der Waals surface area contributed by atoms with Crippen LogP contribution in [0.4, 0.5) is 23.7 Å². The summed E-state index contributed by atoms with van der Waals surface area (Å²) in [5.74, 6) is -3.25. The van der Waals surface area contributed by atoms with Crippen molar-refractivity contribution in [2.24, 2.45) is 10.9 Å². The van der Waals surface area contributed by atoms with E-state index in [0.29, 0.717) is 39.9 Å². The van der Waals surface area contributed by atoms with Gasteiger partial charge in [-0.2, -0.15) is 9.07 Å². The minimum atomic E-state index is -1.37. The Morgan fingerprint density at radius 3 is 2.62 bits per heavy atom. The van der Waals surface area contributed by atoms with Crippen molar-refractivity contribution in [3.05, 3.63) is 87.1 Å². The first-order valence-electron chi connectivity index (χ1n) is 14.0. The number of ether oxygens (including phenoxy) is 1. The van der Waals surface area contributed by atoms with E-state index < -0.39 is 41.0 Å². The van der Waals surface area contributed by atoms with Gasteiger partial charge in [0.15, 0.2) is 11.6 Å². The van der Waals surface area contributed by atoms with Crippen LogP contribution in [0.3, 0.4) is 0 Å². The molecule has 0 bridgehead atoms. The van der Waals surface area contributed by atoms with Crippen LogP contribution in [0.15, 0.2) is 58.5 Å². The van der Waals surface area contributed by atoms with E-state index in [4.69, 9.17) is 21.3 Å². The number of anilines is 1. The zero-order valence-electron chi connectivity index (χ0n) is 24.1. The lowest BCUT2D eigenvalue weighted by molar-refractivity contribution is 0.0635. The van der Waals surface area contributed by atoms with Gasteiger partial charge in [-0.1, -0.05) is 11.6 Å². The largest absolute Gasteiger partial charge is 0.444 e. The molecule has 3 aliphatic rings. The van der Waals surface area contributed by atoms with Gasteiger partial charge >= 0.3 is 6.09 Å². The number of tetrazole rings is 1. The maximum absolute atomic E-state index is 15.3. The predicted molar refractivity (Wildman–Crippen MR) is 158 cm³/mol. The second-order valence-electron chi connectivity index (χ2n) is 12.0. The quantitative estimate of drug-likeness (QED) is 0.266. The highest BCUT2D eigenvalue weighted by Gasteiger charge is 2.56. The van der Waals surface area contributed by atoms with Gasteiger partial charge in [-0.25, -0.2) is 23.6 Å². The monoisotopic (exact) mass is 636 g/mol. The standard InChI is InChI=1S/C30H24ClF3N8O3/c1-30(2,3)45-29(44)38-19-6-5-14(24(32)25(19)33)16-10-21(36-27(16)34)26-15-9-17(15)28-37-20(11-23(43)42(26)28)18-8-13(31)4-7-22(18)41-12-35-39-40-41/h4-8,11-12,15,17,26H,9-10H2,1-3H3,(H,38,44)/t15-,17+,26-/m0/s1. The lowest BCUT2D eigenvalue weighted by atomic mass is 9.97. The Morgan fingerprint density at radius 2 is 1.89 bits per heavy atom. The SMILES string of the molecule is CC(C)(C)OC(=O)Nc1ccc(C2=C(F)N=C([C@@H]3[C@H]4C[C@H]4c4nc(-c5cc(Cl)ccc5-n5cnnn5)cc(=O)n43)C2)c(F)c1F. The Hall–Kier alpha value is -4.85. The molecule has 0 radical (unpaired) electrons. The molecular weight excluding hydrogens is 613 g/mol. The molecule has 3 atom stereocenters. The molecule has 1 aliphatic carbocycles. The van der Waals surface area contributed by atoms with E-state index in [2.05, 4.69) is 25.8 Å². The molecule has 2 aromatic heterocycles. The first-order valence-corrected chi connectivity index (χ1v) is 14.4. The van der Waals surface area contributed by atoms with Crippen molar-refractivity contribution in [2.45, 2.75) is 51.2 Å². The highest BCUT2D eigenvalue weighted by atomic mass is 35.5. The summed E-state index contributed by atoms with van der Waals surface area (Å²) in [6.45, 7) is 4.88. The summed E-state index contributed by atoms with van der Waals surface area (Å²) in [4.78, 5) is 34.6. The van der Waals surface area contributed by atoms with Crippen molar-refractivity contribution in [2.75, 3.05) is 5.32 Å². The summed E-state index contributed by atoms with van der Waals surface area (Å²) >= 11 is 6.28. The van der Waals surface area contributed by atoms with E-state index in [-0.39, 0.29) is 35.0 Å². The molecule has 1 fully saturated rings. The number of carbonyl (C=O) groups excluding carboxylic acids is 1. The predicted octanol–water partition coefficient (Wildman–Crippen LogP) is 6.01. The molecule has 2 aliphatic heterocycles. The molecule has 0 unspecified atom stereocenters. The normalized spacial score (nSPS) is 20.2. The molecule has 230 valence electrons. The van der Waals surface area contributed by atoms with Crippen molar-refractivity contribution in [1.82, 2.24) is 29.8 Å². The molecule has 4 aromatic rings. The molecule has 1 amide bonds. The van der Waals surface area contributed by atoms with E-state index in [1.54, 1.807) is 39.0 Å². The number of allylic oxidation sites excluding steroid dienone is 1. The van der Waals surface area contributed by atoms with Crippen LogP contribution in [0.5, 0.6) is 0 Å². The number of nitrogens with zero attached hydrogens (tertiary/aromatic N) is 7. The highest BCUT2D eigenvalue weighted by Crippen LogP contribution is 2.60. The van der Waals surface area contributed by atoms with Crippen LogP contribution in [0.2, 0.25) is 5.02 Å². The summed E-state index contributed by atoms with van der Waals surface area (Å²) in [6.07, 6.45) is 1.02. The molecular formula is C30H24ClF3N8O3. The third-order valence-electron chi connectivity index (χ3n) is 7.90. The van der Waals surface area contributed by atoms with Gasteiger partial charge in [0.1, 0.15) is 17.8 Å². The van der Waals surface area contributed by atoms with Gasteiger partial charge in [-0.3, -0.25) is 14.7 Å². The average Bonchev–Trinajstić information content (AvgIpc) is 3.26. The first kappa shape index (κ1) is 28.9. The van der Waals surface area contributed by atoms with Gasteiger partial charge in [0, 0.05) is 45.8 Å². The van der Waals surface area contributed by atoms with Gasteiger partial charge in [0.05, 0.1) is 23.1 Å². The molecule has 0 spiro atoms. The zero-order chi connectivity index (χ0) is 31.8. The summed E-state index contributed by atoms with van der Waals surface area (Å²) in [6, 6.07) is 8.14. The molecule has 0 saturated heterocycles. The lowest BCUT2D eigenvalue weighted by Gasteiger charge is -2.20.